The maximum atomic E-state index is 12.0. The van der Waals surface area contributed by atoms with Crippen molar-refractivity contribution in [2.45, 2.75) is 44.9 Å². The average Bonchev–Trinajstić information content (AvgIpc) is 2.83. The molecule has 0 N–H and O–H groups in total. The molecule has 2 aromatic carbocycles. The minimum atomic E-state index is -0.377. The van der Waals surface area contributed by atoms with Crippen LogP contribution in [0.25, 0.3) is 6.08 Å². The third-order valence-corrected chi connectivity index (χ3v) is 5.91. The Bertz CT molecular complexity index is 956. The summed E-state index contributed by atoms with van der Waals surface area (Å²) in [5.41, 5.74) is 3.70. The SMILES string of the molecule is CC1CCC(c2ccc(/C=C/C(=O)OCCc3ccc(N=C(C=O)C=O)cc3)cc2)CC1. The van der Waals surface area contributed by atoms with Crippen LogP contribution in [0.3, 0.4) is 0 Å². The first kappa shape index (κ1) is 23.3. The van der Waals surface area contributed by atoms with E-state index in [9.17, 15) is 14.4 Å². The van der Waals surface area contributed by atoms with Gasteiger partial charge in [0.1, 0.15) is 5.71 Å². The fourth-order valence-electron chi connectivity index (χ4n) is 3.92. The molecule has 0 atom stereocenters. The Morgan fingerprint density at radius 2 is 1.62 bits per heavy atom. The van der Waals surface area contributed by atoms with Gasteiger partial charge in [-0.15, -0.1) is 0 Å². The van der Waals surface area contributed by atoms with E-state index in [0.717, 1.165) is 17.0 Å². The van der Waals surface area contributed by atoms with Crippen molar-refractivity contribution in [3.63, 3.8) is 0 Å². The molecule has 0 heterocycles. The van der Waals surface area contributed by atoms with Gasteiger partial charge in [0.15, 0.2) is 12.6 Å². The molecule has 5 heteroatoms. The van der Waals surface area contributed by atoms with E-state index in [4.69, 9.17) is 4.74 Å². The predicted octanol–water partition coefficient (Wildman–Crippen LogP) is 5.25. The molecule has 1 aliphatic carbocycles. The van der Waals surface area contributed by atoms with Gasteiger partial charge in [-0.3, -0.25) is 9.59 Å². The normalized spacial score (nSPS) is 18.2. The minimum absolute atomic E-state index is 0.156. The molecule has 1 aliphatic rings. The number of hydrogen-bond acceptors (Lipinski definition) is 5. The molecule has 0 unspecified atom stereocenters. The number of esters is 1. The second-order valence-corrected chi connectivity index (χ2v) is 8.31. The van der Waals surface area contributed by atoms with Gasteiger partial charge in [0.05, 0.1) is 12.3 Å². The summed E-state index contributed by atoms with van der Waals surface area (Å²) in [6.45, 7) is 2.59. The van der Waals surface area contributed by atoms with Crippen molar-refractivity contribution in [3.8, 4) is 0 Å². The van der Waals surface area contributed by atoms with Crippen molar-refractivity contribution in [1.82, 2.24) is 0 Å². The molecule has 5 nitrogen and oxygen atoms in total. The van der Waals surface area contributed by atoms with E-state index < -0.39 is 0 Å². The fraction of sp³-hybridized carbons (Fsp3) is 0.333. The zero-order valence-corrected chi connectivity index (χ0v) is 18.4. The quantitative estimate of drug-likeness (QED) is 0.179. The Labute approximate surface area is 189 Å². The number of hydrogen-bond donors (Lipinski definition) is 0. The van der Waals surface area contributed by atoms with Crippen molar-refractivity contribution in [2.24, 2.45) is 10.9 Å². The fourth-order valence-corrected chi connectivity index (χ4v) is 3.92. The lowest BCUT2D eigenvalue weighted by molar-refractivity contribution is -0.137. The Morgan fingerprint density at radius 3 is 2.25 bits per heavy atom. The molecular formula is C27H29NO4. The number of nitrogens with zero attached hydrogens (tertiary/aromatic N) is 1. The van der Waals surface area contributed by atoms with Crippen molar-refractivity contribution >= 4 is 36.0 Å². The Balaban J connectivity index is 1.43. The number of rotatable bonds is 9. The maximum absolute atomic E-state index is 12.0. The smallest absolute Gasteiger partial charge is 0.330 e. The lowest BCUT2D eigenvalue weighted by atomic mass is 9.79. The van der Waals surface area contributed by atoms with Gasteiger partial charge in [0, 0.05) is 12.5 Å². The summed E-state index contributed by atoms with van der Waals surface area (Å²) in [5, 5.41) is 0. The zero-order chi connectivity index (χ0) is 22.8. The van der Waals surface area contributed by atoms with E-state index in [1.807, 2.05) is 12.1 Å². The second kappa shape index (κ2) is 11.9. The number of carbonyl (C=O) groups is 3. The topological polar surface area (TPSA) is 72.8 Å². The van der Waals surface area contributed by atoms with E-state index in [0.29, 0.717) is 30.6 Å². The van der Waals surface area contributed by atoms with Gasteiger partial charge >= 0.3 is 5.97 Å². The number of aliphatic imine (C=N–C) groups is 1. The van der Waals surface area contributed by atoms with E-state index in [2.05, 4.69) is 36.2 Å². The van der Waals surface area contributed by atoms with Crippen LogP contribution in [0.5, 0.6) is 0 Å². The summed E-state index contributed by atoms with van der Waals surface area (Å²) >= 11 is 0. The van der Waals surface area contributed by atoms with Crippen LogP contribution in [-0.2, 0) is 25.5 Å². The van der Waals surface area contributed by atoms with E-state index >= 15 is 0 Å². The van der Waals surface area contributed by atoms with E-state index in [1.54, 1.807) is 18.2 Å². The summed E-state index contributed by atoms with van der Waals surface area (Å²) in [6, 6.07) is 15.5. The molecule has 1 fully saturated rings. The molecule has 0 saturated heterocycles. The molecular weight excluding hydrogens is 402 g/mol. The van der Waals surface area contributed by atoms with Crippen LogP contribution in [-0.4, -0.2) is 30.9 Å². The Morgan fingerprint density at radius 1 is 0.969 bits per heavy atom. The van der Waals surface area contributed by atoms with Crippen molar-refractivity contribution in [2.75, 3.05) is 6.61 Å². The number of benzene rings is 2. The highest BCUT2D eigenvalue weighted by Gasteiger charge is 2.19. The first-order valence-electron chi connectivity index (χ1n) is 11.1. The molecule has 2 aromatic rings. The highest BCUT2D eigenvalue weighted by atomic mass is 16.5. The third kappa shape index (κ3) is 7.12. The van der Waals surface area contributed by atoms with Crippen molar-refractivity contribution in [1.29, 1.82) is 0 Å². The molecule has 0 amide bonds. The van der Waals surface area contributed by atoms with Gasteiger partial charge in [0.2, 0.25) is 0 Å². The van der Waals surface area contributed by atoms with Crippen LogP contribution < -0.4 is 0 Å². The molecule has 3 rings (SSSR count). The molecule has 0 radical (unpaired) electrons. The summed E-state index contributed by atoms with van der Waals surface area (Å²) in [5.74, 6) is 1.13. The monoisotopic (exact) mass is 431 g/mol. The van der Waals surface area contributed by atoms with Crippen LogP contribution in [0, 0.1) is 5.92 Å². The van der Waals surface area contributed by atoms with Gasteiger partial charge in [-0.2, -0.15) is 0 Å². The first-order chi connectivity index (χ1) is 15.6. The van der Waals surface area contributed by atoms with Gasteiger partial charge in [-0.05, 0) is 59.6 Å². The second-order valence-electron chi connectivity index (χ2n) is 8.31. The lowest BCUT2D eigenvalue weighted by Crippen LogP contribution is -2.10. The largest absolute Gasteiger partial charge is 0.462 e. The average molecular weight is 432 g/mol. The predicted molar refractivity (Wildman–Crippen MR) is 126 cm³/mol. The molecule has 0 bridgehead atoms. The van der Waals surface area contributed by atoms with Crippen LogP contribution in [0.4, 0.5) is 5.69 Å². The number of aldehydes is 2. The molecule has 166 valence electrons. The van der Waals surface area contributed by atoms with Gasteiger partial charge in [-0.25, -0.2) is 9.79 Å². The maximum Gasteiger partial charge on any atom is 0.330 e. The van der Waals surface area contributed by atoms with Gasteiger partial charge in [0.25, 0.3) is 0 Å². The number of ether oxygens (including phenoxy) is 1. The standard InChI is InChI=1S/C27H29NO4/c1-20-2-9-23(10-3-20)24-11-4-21(5-12-24)8-15-27(31)32-17-16-22-6-13-25(14-7-22)28-26(18-29)19-30/h4-8,11-15,18-20,23H,2-3,9-10,16-17H2,1H3/b15-8+. The molecule has 1 saturated carbocycles. The Kier molecular flexibility index (Phi) is 8.67. The third-order valence-electron chi connectivity index (χ3n) is 5.91. The number of carbonyl (C=O) groups excluding carboxylic acids is 3. The first-order valence-corrected chi connectivity index (χ1v) is 11.1. The van der Waals surface area contributed by atoms with Crippen LogP contribution >= 0.6 is 0 Å². The highest BCUT2D eigenvalue weighted by molar-refractivity contribution is 6.53. The molecule has 32 heavy (non-hydrogen) atoms. The van der Waals surface area contributed by atoms with Crippen molar-refractivity contribution in [3.05, 3.63) is 71.3 Å². The summed E-state index contributed by atoms with van der Waals surface area (Å²) in [6.07, 6.45) is 9.75. The molecule has 0 aromatic heterocycles. The van der Waals surface area contributed by atoms with Gasteiger partial charge in [-0.1, -0.05) is 56.2 Å². The highest BCUT2D eigenvalue weighted by Crippen LogP contribution is 2.35. The van der Waals surface area contributed by atoms with E-state index in [1.165, 1.54) is 37.3 Å². The van der Waals surface area contributed by atoms with Crippen molar-refractivity contribution < 1.29 is 19.1 Å². The van der Waals surface area contributed by atoms with Gasteiger partial charge < -0.3 is 4.74 Å². The minimum Gasteiger partial charge on any atom is -0.462 e. The summed E-state index contributed by atoms with van der Waals surface area (Å²) < 4.78 is 5.28. The Hall–Kier alpha value is -3.34. The molecule has 0 spiro atoms. The van der Waals surface area contributed by atoms with Crippen LogP contribution in [0.15, 0.2) is 59.6 Å². The van der Waals surface area contributed by atoms with E-state index in [-0.39, 0.29) is 18.3 Å². The van der Waals surface area contributed by atoms with Crippen LogP contribution in [0.1, 0.15) is 55.2 Å². The summed E-state index contributed by atoms with van der Waals surface area (Å²) in [4.78, 5) is 37.2. The molecule has 0 aliphatic heterocycles. The summed E-state index contributed by atoms with van der Waals surface area (Å²) in [7, 11) is 0. The zero-order valence-electron chi connectivity index (χ0n) is 18.4. The lowest BCUT2D eigenvalue weighted by Gasteiger charge is -2.26. The van der Waals surface area contributed by atoms with Crippen LogP contribution in [0.2, 0.25) is 0 Å².